The van der Waals surface area contributed by atoms with Gasteiger partial charge in [0.1, 0.15) is 0 Å². The number of benzene rings is 2. The number of carbonyl (C=O) groups is 2. The molecule has 0 saturated heterocycles. The van der Waals surface area contributed by atoms with E-state index in [9.17, 15) is 22.8 Å². The first-order valence-electron chi connectivity index (χ1n) is 9.03. The van der Waals surface area contributed by atoms with Gasteiger partial charge < -0.3 is 10.0 Å². The van der Waals surface area contributed by atoms with Crippen molar-refractivity contribution in [1.29, 1.82) is 0 Å². The Morgan fingerprint density at radius 3 is 2.43 bits per heavy atom. The normalized spacial score (nSPS) is 17.8. The lowest BCUT2D eigenvalue weighted by Crippen LogP contribution is -2.42. The summed E-state index contributed by atoms with van der Waals surface area (Å²) in [7, 11) is 0. The number of aromatic carboxylic acids is 1. The van der Waals surface area contributed by atoms with Crippen LogP contribution in [0.3, 0.4) is 0 Å². The van der Waals surface area contributed by atoms with E-state index in [-0.39, 0.29) is 18.0 Å². The van der Waals surface area contributed by atoms with E-state index in [1.807, 2.05) is 0 Å². The van der Waals surface area contributed by atoms with Gasteiger partial charge in [-0.15, -0.1) is 0 Å². The van der Waals surface area contributed by atoms with Crippen LogP contribution in [0.4, 0.5) is 13.2 Å². The smallest absolute Gasteiger partial charge is 0.416 e. The van der Waals surface area contributed by atoms with Gasteiger partial charge in [0.15, 0.2) is 0 Å². The summed E-state index contributed by atoms with van der Waals surface area (Å²) in [4.78, 5) is 26.0. The molecule has 4 nitrogen and oxygen atoms in total. The average Bonchev–Trinajstić information content (AvgIpc) is 3.48. The number of hydrogen-bond donors (Lipinski definition) is 1. The minimum atomic E-state index is -4.45. The maximum Gasteiger partial charge on any atom is 0.416 e. The first kappa shape index (κ1) is 18.5. The maximum absolute atomic E-state index is 13.2. The standard InChI is InChI=1S/C21H18F3NO3/c22-21(23,24)17-3-1-2-16(11-17)20(7-8-20)19(28)25-9-6-13-4-5-14(18(26)27)10-15(13)12-25/h1-5,10-11H,6-9,12H2,(H,26,27). The Morgan fingerprint density at radius 2 is 1.79 bits per heavy atom. The molecule has 0 radical (unpaired) electrons. The van der Waals surface area contributed by atoms with Gasteiger partial charge in [-0.1, -0.05) is 24.3 Å². The predicted molar refractivity (Wildman–Crippen MR) is 94.9 cm³/mol. The molecule has 1 amide bonds. The zero-order chi connectivity index (χ0) is 20.1. The highest BCUT2D eigenvalue weighted by atomic mass is 19.4. The number of carboxylic acids is 1. The van der Waals surface area contributed by atoms with Crippen LogP contribution in [0.2, 0.25) is 0 Å². The van der Waals surface area contributed by atoms with Gasteiger partial charge in [-0.2, -0.15) is 13.2 Å². The highest BCUT2D eigenvalue weighted by Crippen LogP contribution is 2.51. The molecule has 4 rings (SSSR count). The summed E-state index contributed by atoms with van der Waals surface area (Å²) in [6, 6.07) is 9.89. The van der Waals surface area contributed by atoms with E-state index in [1.165, 1.54) is 6.07 Å². The Labute approximate surface area is 159 Å². The van der Waals surface area contributed by atoms with Crippen molar-refractivity contribution in [2.24, 2.45) is 0 Å². The summed E-state index contributed by atoms with van der Waals surface area (Å²) in [6.45, 7) is 0.745. The number of rotatable bonds is 3. The Kier molecular flexibility index (Phi) is 4.21. The number of amides is 1. The van der Waals surface area contributed by atoms with Crippen molar-refractivity contribution in [3.8, 4) is 0 Å². The maximum atomic E-state index is 13.2. The molecule has 1 saturated carbocycles. The second kappa shape index (κ2) is 6.36. The number of hydrogen-bond acceptors (Lipinski definition) is 2. The van der Waals surface area contributed by atoms with E-state index in [1.54, 1.807) is 29.2 Å². The highest BCUT2D eigenvalue weighted by Gasteiger charge is 2.53. The van der Waals surface area contributed by atoms with Crippen LogP contribution in [0.25, 0.3) is 0 Å². The molecule has 0 spiro atoms. The van der Waals surface area contributed by atoms with Crippen molar-refractivity contribution in [2.45, 2.75) is 37.4 Å². The Balaban J connectivity index is 1.60. The predicted octanol–water partition coefficient (Wildman–Crippen LogP) is 4.02. The van der Waals surface area contributed by atoms with Crippen LogP contribution in [0, 0.1) is 0 Å². The van der Waals surface area contributed by atoms with E-state index in [0.717, 1.165) is 23.3 Å². The molecule has 146 valence electrons. The SMILES string of the molecule is O=C(O)c1ccc2c(c1)CN(C(=O)C1(c3cccc(C(F)(F)F)c3)CC1)CC2. The number of carboxylic acid groups (broad SMARTS) is 1. The molecular formula is C21H18F3NO3. The topological polar surface area (TPSA) is 57.6 Å². The minimum Gasteiger partial charge on any atom is -0.478 e. The Morgan fingerprint density at radius 1 is 1.04 bits per heavy atom. The van der Waals surface area contributed by atoms with Crippen LogP contribution in [-0.2, 0) is 29.4 Å². The van der Waals surface area contributed by atoms with Crippen LogP contribution < -0.4 is 0 Å². The molecule has 7 heteroatoms. The quantitative estimate of drug-likeness (QED) is 0.863. The highest BCUT2D eigenvalue weighted by molar-refractivity contribution is 5.92. The average molecular weight is 389 g/mol. The van der Waals surface area contributed by atoms with Gasteiger partial charge in [-0.3, -0.25) is 4.79 Å². The van der Waals surface area contributed by atoms with Gasteiger partial charge in [-0.25, -0.2) is 4.79 Å². The molecule has 1 aliphatic carbocycles. The van der Waals surface area contributed by atoms with Gasteiger partial charge in [0.05, 0.1) is 16.5 Å². The number of nitrogens with zero attached hydrogens (tertiary/aromatic N) is 1. The number of fused-ring (bicyclic) bond motifs is 1. The summed E-state index contributed by atoms with van der Waals surface area (Å²) in [5.41, 5.74) is 0.685. The summed E-state index contributed by atoms with van der Waals surface area (Å²) >= 11 is 0. The van der Waals surface area contributed by atoms with E-state index in [2.05, 4.69) is 0 Å². The Bertz CT molecular complexity index is 964. The lowest BCUT2D eigenvalue weighted by atomic mass is 9.90. The molecular weight excluding hydrogens is 371 g/mol. The third-order valence-corrected chi connectivity index (χ3v) is 5.65. The van der Waals surface area contributed by atoms with Crippen LogP contribution >= 0.6 is 0 Å². The lowest BCUT2D eigenvalue weighted by Gasteiger charge is -2.32. The molecule has 1 aliphatic heterocycles. The molecule has 2 aromatic carbocycles. The summed E-state index contributed by atoms with van der Waals surface area (Å²) in [5, 5.41) is 9.17. The summed E-state index contributed by atoms with van der Waals surface area (Å²) < 4.78 is 39.2. The summed E-state index contributed by atoms with van der Waals surface area (Å²) in [6.07, 6.45) is -2.82. The van der Waals surface area contributed by atoms with Crippen molar-refractivity contribution in [2.75, 3.05) is 6.54 Å². The third-order valence-electron chi connectivity index (χ3n) is 5.65. The first-order chi connectivity index (χ1) is 13.2. The number of carbonyl (C=O) groups excluding carboxylic acids is 1. The first-order valence-corrected chi connectivity index (χ1v) is 9.03. The van der Waals surface area contributed by atoms with Crippen molar-refractivity contribution in [1.82, 2.24) is 4.90 Å². The fourth-order valence-corrected chi connectivity index (χ4v) is 3.91. The number of halogens is 3. The molecule has 1 heterocycles. The van der Waals surface area contributed by atoms with Crippen molar-refractivity contribution >= 4 is 11.9 Å². The van der Waals surface area contributed by atoms with Crippen molar-refractivity contribution in [3.63, 3.8) is 0 Å². The van der Waals surface area contributed by atoms with Crippen LogP contribution in [0.15, 0.2) is 42.5 Å². The van der Waals surface area contributed by atoms with Crippen LogP contribution in [0.5, 0.6) is 0 Å². The van der Waals surface area contributed by atoms with Gasteiger partial charge in [0.25, 0.3) is 0 Å². The van der Waals surface area contributed by atoms with E-state index in [4.69, 9.17) is 5.11 Å². The fourth-order valence-electron chi connectivity index (χ4n) is 3.91. The molecule has 0 unspecified atom stereocenters. The largest absolute Gasteiger partial charge is 0.478 e. The van der Waals surface area contributed by atoms with Crippen LogP contribution in [-0.4, -0.2) is 28.4 Å². The van der Waals surface area contributed by atoms with E-state index < -0.39 is 23.1 Å². The molecule has 1 fully saturated rings. The second-order valence-electron chi connectivity index (χ2n) is 7.43. The number of alkyl halides is 3. The minimum absolute atomic E-state index is 0.159. The summed E-state index contributed by atoms with van der Waals surface area (Å²) in [5.74, 6) is -1.22. The zero-order valence-electron chi connectivity index (χ0n) is 14.9. The Hall–Kier alpha value is -2.83. The molecule has 28 heavy (non-hydrogen) atoms. The monoisotopic (exact) mass is 389 g/mol. The van der Waals surface area contributed by atoms with Gasteiger partial charge >= 0.3 is 12.1 Å². The molecule has 1 N–H and O–H groups in total. The second-order valence-corrected chi connectivity index (χ2v) is 7.43. The van der Waals surface area contributed by atoms with Crippen LogP contribution in [0.1, 0.15) is 45.5 Å². The van der Waals surface area contributed by atoms with Gasteiger partial charge in [0.2, 0.25) is 5.91 Å². The molecule has 2 aliphatic rings. The molecule has 0 bridgehead atoms. The fraction of sp³-hybridized carbons (Fsp3) is 0.333. The third kappa shape index (κ3) is 3.15. The van der Waals surface area contributed by atoms with E-state index in [0.29, 0.717) is 31.4 Å². The molecule has 0 aromatic heterocycles. The lowest BCUT2D eigenvalue weighted by molar-refractivity contribution is -0.138. The van der Waals surface area contributed by atoms with E-state index >= 15 is 0 Å². The van der Waals surface area contributed by atoms with Gasteiger partial charge in [-0.05, 0) is 54.2 Å². The molecule has 2 aromatic rings. The van der Waals surface area contributed by atoms with Crippen molar-refractivity contribution in [3.05, 3.63) is 70.3 Å². The zero-order valence-corrected chi connectivity index (χ0v) is 14.9. The van der Waals surface area contributed by atoms with Crippen molar-refractivity contribution < 1.29 is 27.9 Å². The molecule has 0 atom stereocenters. The van der Waals surface area contributed by atoms with Gasteiger partial charge in [0, 0.05) is 13.1 Å².